The zero-order valence-corrected chi connectivity index (χ0v) is 17.6. The standard InChI is InChI=1S/C19H25N9O3/c1-4-7-14-16(22-26-28(14)18-17(20)24-31-25-18)19(30)23-21-11-12-8-9-13(10-15(12)29)27(5-2)6-3/h8-11,29H,4-7H2,1-3H3,(H2,20,24)(H,23,30)/b21-11-. The maximum Gasteiger partial charge on any atom is 0.293 e. The molecule has 2 aromatic heterocycles. The van der Waals surface area contributed by atoms with Gasteiger partial charge in [-0.25, -0.2) is 10.1 Å². The molecule has 0 bridgehead atoms. The Hall–Kier alpha value is -3.96. The number of rotatable bonds is 9. The largest absolute Gasteiger partial charge is 0.507 e. The van der Waals surface area contributed by atoms with Gasteiger partial charge in [0, 0.05) is 30.4 Å². The van der Waals surface area contributed by atoms with Crippen LogP contribution in [0.5, 0.6) is 5.75 Å². The van der Waals surface area contributed by atoms with Gasteiger partial charge in [0.15, 0.2) is 5.69 Å². The Labute approximate surface area is 178 Å². The van der Waals surface area contributed by atoms with E-state index in [0.717, 1.165) is 25.2 Å². The Bertz CT molecular complexity index is 1070. The monoisotopic (exact) mass is 427 g/mol. The van der Waals surface area contributed by atoms with Crippen molar-refractivity contribution < 1.29 is 14.5 Å². The second-order valence-corrected chi connectivity index (χ2v) is 6.63. The molecular weight excluding hydrogens is 402 g/mol. The minimum absolute atomic E-state index is 0.0378. The van der Waals surface area contributed by atoms with Crippen molar-refractivity contribution in [3.8, 4) is 11.6 Å². The lowest BCUT2D eigenvalue weighted by Crippen LogP contribution is -2.21. The molecule has 0 spiro atoms. The first-order chi connectivity index (χ1) is 15.0. The molecule has 164 valence electrons. The van der Waals surface area contributed by atoms with Crippen LogP contribution in [-0.2, 0) is 6.42 Å². The zero-order valence-electron chi connectivity index (χ0n) is 17.6. The smallest absolute Gasteiger partial charge is 0.293 e. The molecular formula is C19H25N9O3. The van der Waals surface area contributed by atoms with Crippen LogP contribution in [0.1, 0.15) is 48.9 Å². The van der Waals surface area contributed by atoms with Gasteiger partial charge < -0.3 is 15.7 Å². The summed E-state index contributed by atoms with van der Waals surface area (Å²) in [5, 5.41) is 29.3. The van der Waals surface area contributed by atoms with Gasteiger partial charge in [-0.2, -0.15) is 9.78 Å². The van der Waals surface area contributed by atoms with E-state index < -0.39 is 5.91 Å². The van der Waals surface area contributed by atoms with E-state index in [1.807, 2.05) is 26.8 Å². The van der Waals surface area contributed by atoms with Gasteiger partial charge in [0.2, 0.25) is 11.6 Å². The van der Waals surface area contributed by atoms with Crippen molar-refractivity contribution in [2.45, 2.75) is 33.6 Å². The molecule has 1 amide bonds. The molecule has 12 heteroatoms. The number of nitrogens with one attached hydrogen (secondary N) is 1. The van der Waals surface area contributed by atoms with Crippen LogP contribution in [0.15, 0.2) is 27.9 Å². The van der Waals surface area contributed by atoms with Gasteiger partial charge in [0.25, 0.3) is 5.91 Å². The number of hydrogen-bond donors (Lipinski definition) is 3. The normalized spacial score (nSPS) is 11.2. The lowest BCUT2D eigenvalue weighted by Gasteiger charge is -2.21. The number of nitrogen functional groups attached to an aromatic ring is 1. The third kappa shape index (κ3) is 4.63. The summed E-state index contributed by atoms with van der Waals surface area (Å²) in [6, 6.07) is 5.28. The number of carbonyl (C=O) groups excluding carboxylic acids is 1. The number of aromatic hydroxyl groups is 1. The van der Waals surface area contributed by atoms with Crippen molar-refractivity contribution in [1.82, 2.24) is 30.7 Å². The van der Waals surface area contributed by atoms with E-state index in [0.29, 0.717) is 17.7 Å². The topological polar surface area (TPSA) is 161 Å². The lowest BCUT2D eigenvalue weighted by molar-refractivity contribution is 0.0949. The number of amides is 1. The highest BCUT2D eigenvalue weighted by molar-refractivity contribution is 5.94. The molecule has 0 fully saturated rings. The predicted octanol–water partition coefficient (Wildman–Crippen LogP) is 1.50. The number of phenolic OH excluding ortho intramolecular Hbond substituents is 1. The van der Waals surface area contributed by atoms with Crippen LogP contribution in [0.25, 0.3) is 5.82 Å². The molecule has 2 heterocycles. The van der Waals surface area contributed by atoms with Crippen molar-refractivity contribution in [2.24, 2.45) is 5.10 Å². The molecule has 0 saturated carbocycles. The van der Waals surface area contributed by atoms with E-state index in [2.05, 4.69) is 40.7 Å². The minimum atomic E-state index is -0.555. The molecule has 0 aliphatic carbocycles. The maximum absolute atomic E-state index is 12.6. The van der Waals surface area contributed by atoms with E-state index in [4.69, 9.17) is 5.73 Å². The van der Waals surface area contributed by atoms with E-state index in [-0.39, 0.29) is 23.1 Å². The quantitative estimate of drug-likeness (QED) is 0.339. The third-order valence-electron chi connectivity index (χ3n) is 4.67. The molecule has 0 aliphatic rings. The summed E-state index contributed by atoms with van der Waals surface area (Å²) in [5.74, 6) is -0.290. The van der Waals surface area contributed by atoms with Crippen LogP contribution in [0.3, 0.4) is 0 Å². The molecule has 3 rings (SSSR count). The Morgan fingerprint density at radius 3 is 2.71 bits per heavy atom. The molecule has 12 nitrogen and oxygen atoms in total. The number of anilines is 2. The fourth-order valence-corrected chi connectivity index (χ4v) is 3.09. The summed E-state index contributed by atoms with van der Waals surface area (Å²) in [6.45, 7) is 7.70. The van der Waals surface area contributed by atoms with Crippen LogP contribution < -0.4 is 16.1 Å². The average Bonchev–Trinajstić information content (AvgIpc) is 3.36. The molecule has 0 aliphatic heterocycles. The predicted molar refractivity (Wildman–Crippen MR) is 114 cm³/mol. The Balaban J connectivity index is 1.76. The lowest BCUT2D eigenvalue weighted by atomic mass is 10.2. The second-order valence-electron chi connectivity index (χ2n) is 6.63. The Morgan fingerprint density at radius 1 is 1.32 bits per heavy atom. The molecule has 3 aromatic rings. The van der Waals surface area contributed by atoms with E-state index in [9.17, 15) is 9.90 Å². The van der Waals surface area contributed by atoms with Gasteiger partial charge in [-0.1, -0.05) is 18.6 Å². The highest BCUT2D eigenvalue weighted by Crippen LogP contribution is 2.23. The van der Waals surface area contributed by atoms with Crippen LogP contribution >= 0.6 is 0 Å². The van der Waals surface area contributed by atoms with Crippen LogP contribution in [-0.4, -0.2) is 55.6 Å². The Morgan fingerprint density at radius 2 is 2.10 bits per heavy atom. The zero-order chi connectivity index (χ0) is 22.4. The first-order valence-electron chi connectivity index (χ1n) is 9.94. The van der Waals surface area contributed by atoms with Gasteiger partial charge in [0.05, 0.1) is 11.9 Å². The number of aromatic nitrogens is 5. The number of benzene rings is 1. The second kappa shape index (κ2) is 9.69. The summed E-state index contributed by atoms with van der Waals surface area (Å²) in [5.41, 5.74) is 10.1. The summed E-state index contributed by atoms with van der Waals surface area (Å²) < 4.78 is 5.93. The van der Waals surface area contributed by atoms with E-state index in [1.54, 1.807) is 12.1 Å². The number of hydrazone groups is 1. The molecule has 1 aromatic carbocycles. The van der Waals surface area contributed by atoms with Crippen LogP contribution in [0.4, 0.5) is 11.5 Å². The van der Waals surface area contributed by atoms with E-state index >= 15 is 0 Å². The highest BCUT2D eigenvalue weighted by atomic mass is 16.6. The fraction of sp³-hybridized carbons (Fsp3) is 0.368. The molecule has 0 atom stereocenters. The summed E-state index contributed by atoms with van der Waals surface area (Å²) in [7, 11) is 0. The molecule has 0 unspecified atom stereocenters. The maximum atomic E-state index is 12.6. The first kappa shape index (κ1) is 21.7. The first-order valence-corrected chi connectivity index (χ1v) is 9.94. The summed E-state index contributed by atoms with van der Waals surface area (Å²) in [6.07, 6.45) is 2.59. The average molecular weight is 427 g/mol. The summed E-state index contributed by atoms with van der Waals surface area (Å²) >= 11 is 0. The van der Waals surface area contributed by atoms with Crippen LogP contribution in [0.2, 0.25) is 0 Å². The van der Waals surface area contributed by atoms with Crippen LogP contribution in [0, 0.1) is 0 Å². The number of hydrogen-bond acceptors (Lipinski definition) is 10. The number of phenols is 1. The Kier molecular flexibility index (Phi) is 6.80. The minimum Gasteiger partial charge on any atom is -0.507 e. The molecule has 31 heavy (non-hydrogen) atoms. The fourth-order valence-electron chi connectivity index (χ4n) is 3.09. The van der Waals surface area contributed by atoms with Gasteiger partial charge in [-0.05, 0) is 42.7 Å². The summed E-state index contributed by atoms with van der Waals surface area (Å²) in [4.78, 5) is 14.7. The van der Waals surface area contributed by atoms with Crippen molar-refractivity contribution in [1.29, 1.82) is 0 Å². The third-order valence-corrected chi connectivity index (χ3v) is 4.67. The SMILES string of the molecule is CCCc1c(C(=O)N/N=C\c2ccc(N(CC)CC)cc2O)nnn1-c1nonc1N. The van der Waals surface area contributed by atoms with E-state index in [1.165, 1.54) is 10.9 Å². The van der Waals surface area contributed by atoms with Crippen molar-refractivity contribution in [2.75, 3.05) is 23.7 Å². The highest BCUT2D eigenvalue weighted by Gasteiger charge is 2.23. The van der Waals surface area contributed by atoms with Gasteiger partial charge >= 0.3 is 0 Å². The number of nitrogens with two attached hydrogens (primary N) is 1. The van der Waals surface area contributed by atoms with Crippen molar-refractivity contribution in [3.05, 3.63) is 35.2 Å². The van der Waals surface area contributed by atoms with Crippen molar-refractivity contribution >= 4 is 23.6 Å². The molecule has 4 N–H and O–H groups in total. The molecule has 0 saturated heterocycles. The van der Waals surface area contributed by atoms with Gasteiger partial charge in [-0.3, -0.25) is 4.79 Å². The molecule has 0 radical (unpaired) electrons. The number of nitrogens with zero attached hydrogens (tertiary/aromatic N) is 7. The van der Waals surface area contributed by atoms with Crippen molar-refractivity contribution in [3.63, 3.8) is 0 Å². The van der Waals surface area contributed by atoms with Gasteiger partial charge in [0.1, 0.15) is 5.75 Å². The number of carbonyl (C=O) groups is 1. The van der Waals surface area contributed by atoms with Gasteiger partial charge in [-0.15, -0.1) is 5.10 Å².